The topological polar surface area (TPSA) is 87.1 Å². The van der Waals surface area contributed by atoms with Crippen molar-refractivity contribution in [2.75, 3.05) is 0 Å². The third-order valence-corrected chi connectivity index (χ3v) is 0.978. The molecule has 0 saturated carbocycles. The van der Waals surface area contributed by atoms with Gasteiger partial charge in [-0.1, -0.05) is 0 Å². The van der Waals surface area contributed by atoms with Crippen molar-refractivity contribution in [2.45, 2.75) is 19.6 Å². The first-order valence-electron chi connectivity index (χ1n) is 3.65. The number of carbonyl (C=O) groups is 2. The third kappa shape index (κ3) is 4.53. The van der Waals surface area contributed by atoms with Crippen molar-refractivity contribution < 1.29 is 24.5 Å². The Labute approximate surface area is 104 Å². The van der Waals surface area contributed by atoms with Crippen molar-refractivity contribution in [1.82, 2.24) is 0 Å². The van der Waals surface area contributed by atoms with Crippen LogP contribution in [0.1, 0.15) is 6.92 Å². The van der Waals surface area contributed by atoms with Crippen LogP contribution in [-0.2, 0) is 14.3 Å². The molecule has 0 spiro atoms. The molecule has 64 valence electrons. The standard InChI is InChI=1S/C4H4O5.C2H5.K/c5-3(6)1-2(9-1)4(7)8;1-2;/h1-2H,(H,5,6)(H,7,8);1H2,2H3;. The number of rotatable bonds is 2. The van der Waals surface area contributed by atoms with E-state index in [1.54, 1.807) is 0 Å². The Kier molecular flexibility index (Phi) is 6.33. The van der Waals surface area contributed by atoms with E-state index in [4.69, 9.17) is 10.2 Å². The van der Waals surface area contributed by atoms with E-state index < -0.39 is 24.1 Å². The Balaban J connectivity index is 0.000000354. The molecule has 0 aromatic rings. The normalized spacial score (nSPS) is 25.2. The van der Waals surface area contributed by atoms with Crippen LogP contribution in [0.2, 0.25) is 0.515 Å². The van der Waals surface area contributed by atoms with Crippen LogP contribution in [0.25, 0.3) is 0 Å². The SMILES string of the molecule is C[CH2][K].O=C(O)C1OC1C(=O)O. The van der Waals surface area contributed by atoms with Gasteiger partial charge in [-0.05, 0) is 0 Å². The van der Waals surface area contributed by atoms with Gasteiger partial charge in [-0.2, -0.15) is 0 Å². The smallest absolute Gasteiger partial charge is 0.336 e. The average molecular weight is 200 g/mol. The van der Waals surface area contributed by atoms with E-state index in [9.17, 15) is 9.59 Å². The first kappa shape index (κ1) is 12.5. The molecule has 6 heteroatoms. The van der Waals surface area contributed by atoms with Crippen LogP contribution in [0.5, 0.6) is 0 Å². The van der Waals surface area contributed by atoms with Gasteiger partial charge in [0, 0.05) is 0 Å². The minimum absolute atomic E-state index is 1.10. The van der Waals surface area contributed by atoms with E-state index >= 15 is 0 Å². The molecule has 12 heavy (non-hydrogen) atoms. The first-order chi connectivity index (χ1) is 5.54. The van der Waals surface area contributed by atoms with E-state index in [-0.39, 0.29) is 0 Å². The molecule has 2 N–H and O–H groups in total. The molecular weight excluding hydrogens is 191 g/mol. The van der Waals surface area contributed by atoms with E-state index in [2.05, 4.69) is 11.7 Å². The molecule has 0 aromatic carbocycles. The van der Waals surface area contributed by atoms with Gasteiger partial charge < -0.3 is 14.9 Å². The van der Waals surface area contributed by atoms with Crippen molar-refractivity contribution in [3.8, 4) is 0 Å². The molecule has 0 aliphatic carbocycles. The summed E-state index contributed by atoms with van der Waals surface area (Å²) in [6.07, 6.45) is -2.25. The summed E-state index contributed by atoms with van der Waals surface area (Å²) in [5.41, 5.74) is 0. The van der Waals surface area contributed by atoms with E-state index in [0.717, 1.165) is 49.0 Å². The minimum atomic E-state index is -1.22. The minimum Gasteiger partial charge on any atom is -0.479 e. The summed E-state index contributed by atoms with van der Waals surface area (Å²) < 4.78 is 5.68. The van der Waals surface area contributed by atoms with Crippen molar-refractivity contribution >= 4 is 60.9 Å². The maximum Gasteiger partial charge on any atom is 0.336 e. The van der Waals surface area contributed by atoms with Crippen molar-refractivity contribution in [2.24, 2.45) is 0 Å². The monoisotopic (exact) mass is 200 g/mol. The molecule has 2 atom stereocenters. The van der Waals surface area contributed by atoms with Gasteiger partial charge in [0.25, 0.3) is 0 Å². The second-order valence-corrected chi connectivity index (χ2v) is 4.57. The second-order valence-electron chi connectivity index (χ2n) is 2.36. The summed E-state index contributed by atoms with van der Waals surface area (Å²) in [5, 5.41) is 16.2. The fourth-order valence-electron chi connectivity index (χ4n) is 0.488. The maximum atomic E-state index is 9.89. The predicted octanol–water partition coefficient (Wildman–Crippen LogP) is -0.484. The molecule has 5 nitrogen and oxygen atoms in total. The Morgan fingerprint density at radius 2 is 1.58 bits per heavy atom. The molecule has 2 unspecified atom stereocenters. The van der Waals surface area contributed by atoms with Crippen LogP contribution in [0.3, 0.4) is 0 Å². The fourth-order valence-corrected chi connectivity index (χ4v) is 0.488. The zero-order valence-corrected chi connectivity index (χ0v) is 10.1. The van der Waals surface area contributed by atoms with Gasteiger partial charge in [-0.3, -0.25) is 0 Å². The molecule has 1 heterocycles. The molecule has 1 saturated heterocycles. The Hall–Kier alpha value is 0.536. The predicted molar refractivity (Wildman–Crippen MR) is 40.2 cm³/mol. The number of hydrogen-bond donors (Lipinski definition) is 2. The largest absolute Gasteiger partial charge is 0.479 e. The number of ether oxygens (including phenoxy) is 1. The molecule has 1 aliphatic heterocycles. The molecule has 0 bridgehead atoms. The van der Waals surface area contributed by atoms with Crippen molar-refractivity contribution in [3.05, 3.63) is 0 Å². The van der Waals surface area contributed by atoms with Gasteiger partial charge in [0.05, 0.1) is 0 Å². The van der Waals surface area contributed by atoms with Gasteiger partial charge in [-0.25, -0.2) is 9.59 Å². The zero-order valence-electron chi connectivity index (χ0n) is 6.98. The van der Waals surface area contributed by atoms with Gasteiger partial charge in [-0.15, -0.1) is 0 Å². The van der Waals surface area contributed by atoms with Crippen molar-refractivity contribution in [3.63, 3.8) is 0 Å². The van der Waals surface area contributed by atoms with Crippen LogP contribution < -0.4 is 0 Å². The number of aliphatic carboxylic acids is 2. The van der Waals surface area contributed by atoms with Gasteiger partial charge in [0.15, 0.2) is 12.2 Å². The number of carboxylic acid groups (broad SMARTS) is 2. The fraction of sp³-hybridized carbons (Fsp3) is 0.667. The Morgan fingerprint density at radius 3 is 1.67 bits per heavy atom. The Bertz CT molecular complexity index is 163. The number of epoxide rings is 1. The molecular formula is C6H9KO5. The number of hydrogen-bond acceptors (Lipinski definition) is 3. The van der Waals surface area contributed by atoms with Crippen LogP contribution in [-0.4, -0.2) is 83.3 Å². The Morgan fingerprint density at radius 1 is 1.33 bits per heavy atom. The summed E-state index contributed by atoms with van der Waals surface area (Å²) in [6, 6.07) is 0. The van der Waals surface area contributed by atoms with Crippen LogP contribution in [0.4, 0.5) is 0 Å². The summed E-state index contributed by atoms with van der Waals surface area (Å²) in [4.78, 5) is 19.8. The molecule has 0 aromatic heterocycles. The van der Waals surface area contributed by atoms with Gasteiger partial charge in [0.2, 0.25) is 0 Å². The molecule has 1 fully saturated rings. The quantitative estimate of drug-likeness (QED) is 0.464. The third-order valence-electron chi connectivity index (χ3n) is 0.978. The first-order valence-corrected chi connectivity index (χ1v) is 5.86. The average Bonchev–Trinajstić information content (AvgIpc) is 2.65. The van der Waals surface area contributed by atoms with Crippen LogP contribution in [0.15, 0.2) is 0 Å². The molecule has 1 rings (SSSR count). The molecule has 0 amide bonds. The maximum absolute atomic E-state index is 9.89. The van der Waals surface area contributed by atoms with E-state index in [1.807, 2.05) is 0 Å². The summed E-state index contributed by atoms with van der Waals surface area (Å²) >= 11 is 1.10. The summed E-state index contributed by atoms with van der Waals surface area (Å²) in [7, 11) is 0. The van der Waals surface area contributed by atoms with Crippen LogP contribution in [0, 0.1) is 0 Å². The summed E-state index contributed by atoms with van der Waals surface area (Å²) in [5.74, 6) is -2.44. The van der Waals surface area contributed by atoms with Crippen molar-refractivity contribution in [1.29, 1.82) is 0 Å². The molecule has 1 aliphatic rings. The molecule has 0 radical (unpaired) electrons. The van der Waals surface area contributed by atoms with E-state index in [1.165, 1.54) is 0.515 Å². The van der Waals surface area contributed by atoms with E-state index in [0.29, 0.717) is 0 Å². The second kappa shape index (κ2) is 6.06. The zero-order chi connectivity index (χ0) is 9.72. The van der Waals surface area contributed by atoms with Gasteiger partial charge >= 0.3 is 68.3 Å². The number of carboxylic acids is 2. The van der Waals surface area contributed by atoms with Gasteiger partial charge in [0.1, 0.15) is 0 Å². The van der Waals surface area contributed by atoms with Crippen LogP contribution >= 0.6 is 0 Å². The summed E-state index contributed by atoms with van der Waals surface area (Å²) in [6.45, 7) is 2.21.